The van der Waals surface area contributed by atoms with E-state index < -0.39 is 29.3 Å². The van der Waals surface area contributed by atoms with Crippen LogP contribution in [0.4, 0.5) is 0 Å². The molecule has 0 amide bonds. The summed E-state index contributed by atoms with van der Waals surface area (Å²) in [4.78, 5) is 41.7. The zero-order valence-corrected chi connectivity index (χ0v) is 12.8. The number of aliphatic carboxylic acids is 2. The Hall–Kier alpha value is -1.92. The normalized spacial score (nSPS) is 17.3. The number of carboxylic acid groups (broad SMARTS) is 2. The van der Waals surface area contributed by atoms with E-state index in [1.54, 1.807) is 13.8 Å². The lowest BCUT2D eigenvalue weighted by atomic mass is 9.84. The summed E-state index contributed by atoms with van der Waals surface area (Å²) in [5.74, 6) is -2.73. The van der Waals surface area contributed by atoms with Crippen LogP contribution in [0.1, 0.15) is 53.4 Å². The topological polar surface area (TPSA) is 118 Å². The van der Waals surface area contributed by atoms with Crippen LogP contribution in [-0.4, -0.2) is 34.1 Å². The second-order valence-corrected chi connectivity index (χ2v) is 6.67. The molecule has 0 aromatic heterocycles. The molecule has 0 unspecified atom stereocenters. The van der Waals surface area contributed by atoms with Crippen LogP contribution in [0.15, 0.2) is 0 Å². The van der Waals surface area contributed by atoms with Gasteiger partial charge in [0.15, 0.2) is 0 Å². The van der Waals surface area contributed by atoms with Crippen molar-refractivity contribution in [3.05, 3.63) is 0 Å². The first-order chi connectivity index (χ1) is 9.33. The molecule has 21 heavy (non-hydrogen) atoms. The van der Waals surface area contributed by atoms with Crippen LogP contribution in [0.3, 0.4) is 0 Å². The smallest absolute Gasteiger partial charge is 0.313 e. The number of ether oxygens (including phenoxy) is 1. The maximum absolute atomic E-state index is 10.6. The summed E-state index contributed by atoms with van der Waals surface area (Å²) in [7, 11) is 0. The van der Waals surface area contributed by atoms with Crippen LogP contribution in [0.5, 0.6) is 0 Å². The van der Waals surface area contributed by atoms with Gasteiger partial charge in [0.25, 0.3) is 0 Å². The first-order valence-electron chi connectivity index (χ1n) is 6.50. The molecular formula is C14H22O7. The third kappa shape index (κ3) is 9.59. The molecule has 1 saturated heterocycles. The van der Waals surface area contributed by atoms with Crippen molar-refractivity contribution >= 4 is 23.9 Å². The highest BCUT2D eigenvalue weighted by molar-refractivity contribution is 5.89. The SMILES string of the molecule is CC(C)(CC(=O)O)CC(=O)O.CC1(C)CC(=O)OC(=O)C1. The molecule has 0 spiro atoms. The number of rotatable bonds is 4. The Morgan fingerprint density at radius 3 is 1.62 bits per heavy atom. The maximum atomic E-state index is 10.6. The van der Waals surface area contributed by atoms with Gasteiger partial charge in [-0.25, -0.2) is 0 Å². The first kappa shape index (κ1) is 19.1. The summed E-state index contributed by atoms with van der Waals surface area (Å²) in [5.41, 5.74) is -0.857. The molecule has 1 aliphatic rings. The van der Waals surface area contributed by atoms with Gasteiger partial charge in [-0.3, -0.25) is 19.2 Å². The van der Waals surface area contributed by atoms with Crippen molar-refractivity contribution in [2.45, 2.75) is 53.4 Å². The van der Waals surface area contributed by atoms with E-state index in [-0.39, 0.29) is 18.3 Å². The molecule has 7 heteroatoms. The number of hydrogen-bond donors (Lipinski definition) is 2. The van der Waals surface area contributed by atoms with Gasteiger partial charge in [-0.2, -0.15) is 0 Å². The Balaban J connectivity index is 0.000000382. The van der Waals surface area contributed by atoms with Gasteiger partial charge in [-0.15, -0.1) is 0 Å². The third-order valence-electron chi connectivity index (χ3n) is 2.73. The lowest BCUT2D eigenvalue weighted by Crippen LogP contribution is -2.30. The quantitative estimate of drug-likeness (QED) is 0.600. The van der Waals surface area contributed by atoms with Crippen molar-refractivity contribution in [3.8, 4) is 0 Å². The van der Waals surface area contributed by atoms with Crippen molar-refractivity contribution in [2.75, 3.05) is 0 Å². The van der Waals surface area contributed by atoms with E-state index in [9.17, 15) is 19.2 Å². The summed E-state index contributed by atoms with van der Waals surface area (Å²) in [6, 6.07) is 0. The van der Waals surface area contributed by atoms with Gasteiger partial charge in [0.1, 0.15) is 0 Å². The molecule has 0 radical (unpaired) electrons. The van der Waals surface area contributed by atoms with E-state index in [1.165, 1.54) is 0 Å². The van der Waals surface area contributed by atoms with Crippen molar-refractivity contribution in [1.29, 1.82) is 0 Å². The molecule has 0 aliphatic carbocycles. The van der Waals surface area contributed by atoms with Gasteiger partial charge in [-0.1, -0.05) is 27.7 Å². The Morgan fingerprint density at radius 2 is 1.38 bits per heavy atom. The molecule has 0 atom stereocenters. The first-order valence-corrected chi connectivity index (χ1v) is 6.50. The Labute approximate surface area is 123 Å². The second-order valence-electron chi connectivity index (χ2n) is 6.67. The minimum atomic E-state index is -0.962. The molecule has 1 aliphatic heterocycles. The predicted octanol–water partition coefficient (Wildman–Crippen LogP) is 1.84. The summed E-state index contributed by atoms with van der Waals surface area (Å²) in [6.07, 6.45) is 0.468. The average molecular weight is 302 g/mol. The van der Waals surface area contributed by atoms with Gasteiger partial charge >= 0.3 is 23.9 Å². The zero-order valence-electron chi connectivity index (χ0n) is 12.8. The Morgan fingerprint density at radius 1 is 1.05 bits per heavy atom. The predicted molar refractivity (Wildman–Crippen MR) is 72.4 cm³/mol. The summed E-state index contributed by atoms with van der Waals surface area (Å²) >= 11 is 0. The van der Waals surface area contributed by atoms with E-state index in [0.717, 1.165) is 0 Å². The van der Waals surface area contributed by atoms with Gasteiger partial charge < -0.3 is 14.9 Å². The average Bonchev–Trinajstić information content (AvgIpc) is 2.07. The molecule has 0 saturated carbocycles. The maximum Gasteiger partial charge on any atom is 0.313 e. The monoisotopic (exact) mass is 302 g/mol. The van der Waals surface area contributed by atoms with Crippen molar-refractivity contribution in [2.24, 2.45) is 10.8 Å². The molecule has 0 aromatic rings. The largest absolute Gasteiger partial charge is 0.481 e. The van der Waals surface area contributed by atoms with E-state index >= 15 is 0 Å². The summed E-state index contributed by atoms with van der Waals surface area (Å²) in [6.45, 7) is 7.00. The number of esters is 2. The van der Waals surface area contributed by atoms with Crippen LogP contribution in [0.2, 0.25) is 0 Å². The Bertz CT molecular complexity index is 399. The number of carboxylic acids is 2. The minimum Gasteiger partial charge on any atom is -0.481 e. The number of carbonyl (C=O) groups is 4. The number of hydrogen-bond acceptors (Lipinski definition) is 5. The van der Waals surface area contributed by atoms with Crippen molar-refractivity contribution in [3.63, 3.8) is 0 Å². The molecule has 1 rings (SSSR count). The fourth-order valence-corrected chi connectivity index (χ4v) is 1.92. The molecule has 120 valence electrons. The van der Waals surface area contributed by atoms with Crippen LogP contribution in [-0.2, 0) is 23.9 Å². The lowest BCUT2D eigenvalue weighted by molar-refractivity contribution is -0.168. The molecule has 0 bridgehead atoms. The molecular weight excluding hydrogens is 280 g/mol. The summed E-state index contributed by atoms with van der Waals surface area (Å²) in [5, 5.41) is 16.7. The number of cyclic esters (lactones) is 2. The standard InChI is InChI=1S/C7H12O4.C7H10O3/c1-7(2,3-5(8)9)4-6(10)11;1-7(2)3-5(8)10-6(9)4-7/h3-4H2,1-2H3,(H,8,9)(H,10,11);3-4H2,1-2H3. The Kier molecular flexibility index (Phi) is 6.53. The van der Waals surface area contributed by atoms with Crippen LogP contribution in [0.25, 0.3) is 0 Å². The highest BCUT2D eigenvalue weighted by Gasteiger charge is 2.33. The number of carbonyl (C=O) groups excluding carboxylic acids is 2. The molecule has 7 nitrogen and oxygen atoms in total. The van der Waals surface area contributed by atoms with Crippen LogP contribution in [0, 0.1) is 10.8 Å². The zero-order chi connectivity index (χ0) is 16.8. The lowest BCUT2D eigenvalue weighted by Gasteiger charge is -2.25. The molecule has 1 heterocycles. The van der Waals surface area contributed by atoms with Gasteiger partial charge in [0, 0.05) is 0 Å². The third-order valence-corrected chi connectivity index (χ3v) is 2.73. The van der Waals surface area contributed by atoms with E-state index in [2.05, 4.69) is 4.74 Å². The van der Waals surface area contributed by atoms with Crippen molar-refractivity contribution < 1.29 is 34.1 Å². The van der Waals surface area contributed by atoms with E-state index in [0.29, 0.717) is 12.8 Å². The molecule has 2 N–H and O–H groups in total. The second kappa shape index (κ2) is 7.19. The van der Waals surface area contributed by atoms with Crippen LogP contribution >= 0.6 is 0 Å². The summed E-state index contributed by atoms with van der Waals surface area (Å²) < 4.78 is 4.34. The van der Waals surface area contributed by atoms with Crippen molar-refractivity contribution in [1.82, 2.24) is 0 Å². The van der Waals surface area contributed by atoms with E-state index in [1.807, 2.05) is 13.8 Å². The molecule has 0 aromatic carbocycles. The van der Waals surface area contributed by atoms with Gasteiger partial charge in [0.05, 0.1) is 25.7 Å². The highest BCUT2D eigenvalue weighted by atomic mass is 16.6. The minimum absolute atomic E-state index is 0.112. The van der Waals surface area contributed by atoms with Gasteiger partial charge in [-0.05, 0) is 10.8 Å². The van der Waals surface area contributed by atoms with Crippen LogP contribution < -0.4 is 0 Å². The molecule has 1 fully saturated rings. The fourth-order valence-electron chi connectivity index (χ4n) is 1.92. The van der Waals surface area contributed by atoms with Gasteiger partial charge in [0.2, 0.25) is 0 Å². The highest BCUT2D eigenvalue weighted by Crippen LogP contribution is 2.29. The van der Waals surface area contributed by atoms with E-state index in [4.69, 9.17) is 10.2 Å². The fraction of sp³-hybridized carbons (Fsp3) is 0.714.